The van der Waals surface area contributed by atoms with Crippen LogP contribution in [0.4, 0.5) is 13.2 Å². The van der Waals surface area contributed by atoms with Crippen LogP contribution in [-0.4, -0.2) is 9.78 Å². The molecule has 0 bridgehead atoms. The van der Waals surface area contributed by atoms with E-state index in [0.29, 0.717) is 12.5 Å². The van der Waals surface area contributed by atoms with Crippen molar-refractivity contribution in [3.05, 3.63) is 18.0 Å². The van der Waals surface area contributed by atoms with E-state index in [1.165, 1.54) is 10.9 Å². The summed E-state index contributed by atoms with van der Waals surface area (Å²) >= 11 is 0. The van der Waals surface area contributed by atoms with Crippen molar-refractivity contribution < 1.29 is 13.2 Å². The van der Waals surface area contributed by atoms with Crippen LogP contribution < -0.4 is 0 Å². The van der Waals surface area contributed by atoms with Crippen molar-refractivity contribution in [1.82, 2.24) is 9.78 Å². The third-order valence-electron chi connectivity index (χ3n) is 2.10. The number of nitrogens with zero attached hydrogens (tertiary/aromatic N) is 2. The molecule has 1 rings (SSSR count). The van der Waals surface area contributed by atoms with Gasteiger partial charge in [-0.3, -0.25) is 4.68 Å². The molecule has 86 valence electrons. The van der Waals surface area contributed by atoms with Gasteiger partial charge in [-0.1, -0.05) is 13.8 Å². The lowest BCUT2D eigenvalue weighted by molar-refractivity contribution is -0.141. The molecule has 1 aromatic heterocycles. The Morgan fingerprint density at radius 1 is 1.40 bits per heavy atom. The first-order chi connectivity index (χ1) is 6.89. The standard InChI is InChI=1S/C10H15F3N2/c1-8(2)4-3-6-15-7-5-9(14-15)10(11,12)13/h5,7-8H,3-4,6H2,1-2H3. The van der Waals surface area contributed by atoms with Crippen LogP contribution >= 0.6 is 0 Å². The number of halogens is 3. The lowest BCUT2D eigenvalue weighted by Crippen LogP contribution is -2.08. The summed E-state index contributed by atoms with van der Waals surface area (Å²) in [4.78, 5) is 0. The SMILES string of the molecule is CC(C)CCCn1ccc(C(F)(F)F)n1. The fourth-order valence-electron chi connectivity index (χ4n) is 1.30. The van der Waals surface area contributed by atoms with Gasteiger partial charge in [0.05, 0.1) is 0 Å². The van der Waals surface area contributed by atoms with E-state index in [9.17, 15) is 13.2 Å². The van der Waals surface area contributed by atoms with Crippen molar-refractivity contribution in [1.29, 1.82) is 0 Å². The predicted molar refractivity (Wildman–Crippen MR) is 51.3 cm³/mol. The van der Waals surface area contributed by atoms with Crippen molar-refractivity contribution >= 4 is 0 Å². The Labute approximate surface area is 87.1 Å². The molecule has 0 spiro atoms. The summed E-state index contributed by atoms with van der Waals surface area (Å²) in [6.07, 6.45) is -1.09. The molecule has 0 aromatic carbocycles. The first-order valence-electron chi connectivity index (χ1n) is 5.00. The van der Waals surface area contributed by atoms with E-state index < -0.39 is 11.9 Å². The quantitative estimate of drug-likeness (QED) is 0.761. The highest BCUT2D eigenvalue weighted by atomic mass is 19.4. The second-order valence-corrected chi connectivity index (χ2v) is 4.00. The van der Waals surface area contributed by atoms with Crippen molar-refractivity contribution in [2.45, 2.75) is 39.4 Å². The van der Waals surface area contributed by atoms with Crippen LogP contribution in [0.2, 0.25) is 0 Å². The topological polar surface area (TPSA) is 17.8 Å². The van der Waals surface area contributed by atoms with Gasteiger partial charge in [-0.25, -0.2) is 0 Å². The number of aromatic nitrogens is 2. The number of aryl methyl sites for hydroxylation is 1. The average molecular weight is 220 g/mol. The van der Waals surface area contributed by atoms with Crippen LogP contribution in [0.3, 0.4) is 0 Å². The molecule has 0 fully saturated rings. The van der Waals surface area contributed by atoms with Crippen LogP contribution in [-0.2, 0) is 12.7 Å². The zero-order valence-corrected chi connectivity index (χ0v) is 8.88. The van der Waals surface area contributed by atoms with Crippen molar-refractivity contribution in [3.8, 4) is 0 Å². The normalized spacial score (nSPS) is 12.4. The van der Waals surface area contributed by atoms with Gasteiger partial charge in [-0.05, 0) is 24.8 Å². The van der Waals surface area contributed by atoms with Crippen LogP contribution in [0.5, 0.6) is 0 Å². The Morgan fingerprint density at radius 2 is 2.07 bits per heavy atom. The maximum atomic E-state index is 12.2. The van der Waals surface area contributed by atoms with Crippen molar-refractivity contribution in [3.63, 3.8) is 0 Å². The number of hydrogen-bond acceptors (Lipinski definition) is 1. The third-order valence-corrected chi connectivity index (χ3v) is 2.10. The Kier molecular flexibility index (Phi) is 3.77. The van der Waals surface area contributed by atoms with E-state index in [4.69, 9.17) is 0 Å². The van der Waals surface area contributed by atoms with Gasteiger partial charge < -0.3 is 0 Å². The highest BCUT2D eigenvalue weighted by Gasteiger charge is 2.33. The van der Waals surface area contributed by atoms with E-state index >= 15 is 0 Å². The number of hydrogen-bond donors (Lipinski definition) is 0. The van der Waals surface area contributed by atoms with Gasteiger partial charge in [0.2, 0.25) is 0 Å². The van der Waals surface area contributed by atoms with Crippen LogP contribution in [0.25, 0.3) is 0 Å². The van der Waals surface area contributed by atoms with Gasteiger partial charge >= 0.3 is 6.18 Å². The molecule has 0 aliphatic rings. The van der Waals surface area contributed by atoms with Gasteiger partial charge in [0.1, 0.15) is 0 Å². The highest BCUT2D eigenvalue weighted by molar-refractivity contribution is 5.03. The monoisotopic (exact) mass is 220 g/mol. The van der Waals surface area contributed by atoms with E-state index in [0.717, 1.165) is 18.9 Å². The molecule has 0 amide bonds. The Balaban J connectivity index is 2.47. The van der Waals surface area contributed by atoms with Gasteiger partial charge in [0.15, 0.2) is 5.69 Å². The molecule has 1 heterocycles. The maximum Gasteiger partial charge on any atom is 0.435 e. The molecule has 0 saturated carbocycles. The summed E-state index contributed by atoms with van der Waals surface area (Å²) in [6.45, 7) is 4.72. The fraction of sp³-hybridized carbons (Fsp3) is 0.700. The third kappa shape index (κ3) is 3.93. The smallest absolute Gasteiger partial charge is 0.272 e. The molecule has 1 aromatic rings. The summed E-state index contributed by atoms with van der Waals surface area (Å²) < 4.78 is 37.9. The molecule has 0 saturated heterocycles. The molecule has 0 unspecified atom stereocenters. The number of rotatable bonds is 4. The summed E-state index contributed by atoms with van der Waals surface area (Å²) in [6, 6.07) is 1.01. The minimum absolute atomic E-state index is 0.550. The molecule has 15 heavy (non-hydrogen) atoms. The summed E-state index contributed by atoms with van der Waals surface area (Å²) in [5, 5.41) is 3.47. The molecule has 0 atom stereocenters. The molecule has 0 aliphatic carbocycles. The lowest BCUT2D eigenvalue weighted by Gasteiger charge is -2.05. The van der Waals surface area contributed by atoms with Crippen molar-refractivity contribution in [2.75, 3.05) is 0 Å². The minimum atomic E-state index is -4.33. The zero-order valence-electron chi connectivity index (χ0n) is 8.88. The summed E-state index contributed by atoms with van der Waals surface area (Å²) in [7, 11) is 0. The second kappa shape index (κ2) is 4.68. The number of alkyl halides is 3. The van der Waals surface area contributed by atoms with Crippen LogP contribution in [0.15, 0.2) is 12.3 Å². The molecule has 0 aliphatic heterocycles. The molecular formula is C10H15F3N2. The van der Waals surface area contributed by atoms with E-state index in [1.807, 2.05) is 0 Å². The molecule has 0 radical (unpaired) electrons. The summed E-state index contributed by atoms with van der Waals surface area (Å²) in [5.74, 6) is 0.572. The average Bonchev–Trinajstić information content (AvgIpc) is 2.51. The Hall–Kier alpha value is -1.00. The van der Waals surface area contributed by atoms with Crippen molar-refractivity contribution in [2.24, 2.45) is 5.92 Å². The molecule has 2 nitrogen and oxygen atoms in total. The Bertz CT molecular complexity index is 302. The van der Waals surface area contributed by atoms with E-state index in [-0.39, 0.29) is 0 Å². The molecule has 5 heteroatoms. The second-order valence-electron chi connectivity index (χ2n) is 4.00. The van der Waals surface area contributed by atoms with Gasteiger partial charge in [0.25, 0.3) is 0 Å². The predicted octanol–water partition coefficient (Wildman–Crippen LogP) is 3.34. The van der Waals surface area contributed by atoms with E-state index in [1.54, 1.807) is 0 Å². The largest absolute Gasteiger partial charge is 0.435 e. The fourth-order valence-corrected chi connectivity index (χ4v) is 1.30. The Morgan fingerprint density at radius 3 is 2.53 bits per heavy atom. The summed E-state index contributed by atoms with van der Waals surface area (Å²) in [5.41, 5.74) is -0.813. The van der Waals surface area contributed by atoms with Gasteiger partial charge in [0, 0.05) is 12.7 Å². The highest BCUT2D eigenvalue weighted by Crippen LogP contribution is 2.27. The first-order valence-corrected chi connectivity index (χ1v) is 5.00. The maximum absolute atomic E-state index is 12.2. The van der Waals surface area contributed by atoms with Crippen LogP contribution in [0.1, 0.15) is 32.4 Å². The van der Waals surface area contributed by atoms with Gasteiger partial charge in [-0.15, -0.1) is 0 Å². The zero-order chi connectivity index (χ0) is 11.5. The molecular weight excluding hydrogens is 205 g/mol. The van der Waals surface area contributed by atoms with Gasteiger partial charge in [-0.2, -0.15) is 18.3 Å². The lowest BCUT2D eigenvalue weighted by atomic mass is 10.1. The van der Waals surface area contributed by atoms with E-state index in [2.05, 4.69) is 18.9 Å². The first kappa shape index (κ1) is 12.1. The van der Waals surface area contributed by atoms with Crippen LogP contribution in [0, 0.1) is 5.92 Å². The minimum Gasteiger partial charge on any atom is -0.272 e. The molecule has 0 N–H and O–H groups in total.